The van der Waals surface area contributed by atoms with Crippen LogP contribution >= 0.6 is 15.9 Å². The monoisotopic (exact) mass is 324 g/mol. The first-order chi connectivity index (χ1) is 9.10. The lowest BCUT2D eigenvalue weighted by atomic mass is 10.1. The number of halogens is 1. The minimum absolute atomic E-state index is 0.145. The number of furan rings is 1. The van der Waals surface area contributed by atoms with Crippen molar-refractivity contribution in [2.45, 2.75) is 12.8 Å². The van der Waals surface area contributed by atoms with Crippen molar-refractivity contribution in [2.75, 3.05) is 13.7 Å². The Morgan fingerprint density at radius 1 is 1.32 bits per heavy atom. The van der Waals surface area contributed by atoms with Crippen molar-refractivity contribution in [3.05, 3.63) is 34.5 Å². The van der Waals surface area contributed by atoms with Gasteiger partial charge in [-0.05, 0) is 24.3 Å². The van der Waals surface area contributed by atoms with Crippen LogP contribution in [-0.4, -0.2) is 25.3 Å². The van der Waals surface area contributed by atoms with Crippen molar-refractivity contribution >= 4 is 38.5 Å². The van der Waals surface area contributed by atoms with Gasteiger partial charge in [-0.2, -0.15) is 0 Å². The Balaban J connectivity index is 2.11. The third-order valence-corrected chi connectivity index (χ3v) is 3.19. The van der Waals surface area contributed by atoms with Crippen molar-refractivity contribution < 1.29 is 18.7 Å². The zero-order valence-electron chi connectivity index (χ0n) is 10.4. The van der Waals surface area contributed by atoms with E-state index in [4.69, 9.17) is 9.15 Å². The van der Waals surface area contributed by atoms with Crippen molar-refractivity contribution in [3.8, 4) is 0 Å². The summed E-state index contributed by atoms with van der Waals surface area (Å²) in [5.41, 5.74) is 0.635. The normalized spacial score (nSPS) is 10.8. The Morgan fingerprint density at radius 2 is 2.11 bits per heavy atom. The molecule has 0 spiro atoms. The summed E-state index contributed by atoms with van der Waals surface area (Å²) in [7, 11) is 1.52. The van der Waals surface area contributed by atoms with Gasteiger partial charge in [0.05, 0.1) is 13.0 Å². The smallest absolute Gasteiger partial charge is 0.205 e. The number of ether oxygens (including phenoxy) is 1. The number of benzene rings is 1. The topological polar surface area (TPSA) is 56.5 Å². The number of fused-ring (bicyclic) bond motifs is 1. The molecule has 0 unspecified atom stereocenters. The second kappa shape index (κ2) is 6.12. The van der Waals surface area contributed by atoms with Gasteiger partial charge >= 0.3 is 0 Å². The van der Waals surface area contributed by atoms with Crippen LogP contribution in [0.15, 0.2) is 33.2 Å². The fourth-order valence-electron chi connectivity index (χ4n) is 1.72. The molecule has 0 radical (unpaired) electrons. The fraction of sp³-hybridized carbons (Fsp3) is 0.286. The summed E-state index contributed by atoms with van der Waals surface area (Å²) < 4.78 is 11.1. The molecule has 0 aliphatic heterocycles. The van der Waals surface area contributed by atoms with E-state index in [1.54, 1.807) is 12.1 Å². The van der Waals surface area contributed by atoms with E-state index in [9.17, 15) is 9.59 Å². The van der Waals surface area contributed by atoms with Gasteiger partial charge in [-0.15, -0.1) is 0 Å². The molecule has 4 nitrogen and oxygen atoms in total. The Hall–Kier alpha value is -1.46. The van der Waals surface area contributed by atoms with Crippen LogP contribution in [0.2, 0.25) is 0 Å². The van der Waals surface area contributed by atoms with Gasteiger partial charge in [0, 0.05) is 23.4 Å². The molecule has 19 heavy (non-hydrogen) atoms. The van der Waals surface area contributed by atoms with Crippen LogP contribution in [0.3, 0.4) is 0 Å². The third-order valence-electron chi connectivity index (χ3n) is 2.70. The molecule has 2 rings (SSSR count). The highest BCUT2D eigenvalue weighted by atomic mass is 79.9. The van der Waals surface area contributed by atoms with Gasteiger partial charge in [0.25, 0.3) is 0 Å². The molecule has 0 bridgehead atoms. The van der Waals surface area contributed by atoms with Gasteiger partial charge in [0.15, 0.2) is 5.76 Å². The molecule has 100 valence electrons. The summed E-state index contributed by atoms with van der Waals surface area (Å²) in [4.78, 5) is 23.4. The molecular formula is C14H13BrO4. The Bertz CT molecular complexity index is 615. The highest BCUT2D eigenvalue weighted by Crippen LogP contribution is 2.24. The molecular weight excluding hydrogens is 312 g/mol. The van der Waals surface area contributed by atoms with Gasteiger partial charge < -0.3 is 9.15 Å². The summed E-state index contributed by atoms with van der Waals surface area (Å²) in [5.74, 6) is -0.222. The maximum absolute atomic E-state index is 11.9. The van der Waals surface area contributed by atoms with Gasteiger partial charge in [-0.25, -0.2) is 0 Å². The van der Waals surface area contributed by atoms with Crippen LogP contribution < -0.4 is 0 Å². The largest absolute Gasteiger partial charge is 0.453 e. The molecule has 2 aromatic rings. The maximum Gasteiger partial charge on any atom is 0.205 e. The highest BCUT2D eigenvalue weighted by Gasteiger charge is 2.16. The van der Waals surface area contributed by atoms with Crippen LogP contribution in [0.5, 0.6) is 0 Å². The summed E-state index contributed by atoms with van der Waals surface area (Å²) in [6.45, 7) is 0.333. The first-order valence-electron chi connectivity index (χ1n) is 5.83. The second-order valence-electron chi connectivity index (χ2n) is 4.17. The predicted octanol–water partition coefficient (Wildman–Crippen LogP) is 3.37. The summed E-state index contributed by atoms with van der Waals surface area (Å²) in [5, 5.41) is 0.835. The number of ketones is 2. The quantitative estimate of drug-likeness (QED) is 0.603. The number of carbonyl (C=O) groups excluding carboxylic acids is 2. The Labute approximate surface area is 118 Å². The molecule has 0 N–H and O–H groups in total. The standard InChI is InChI=1S/C14H13BrO4/c1-18-5-4-11(16)8-12(17)14-7-9-6-10(15)2-3-13(9)19-14/h2-3,6-7H,4-5,8H2,1H3. The first kappa shape index (κ1) is 14.0. The van der Waals surface area contributed by atoms with E-state index in [-0.39, 0.29) is 30.2 Å². The van der Waals surface area contributed by atoms with Crippen LogP contribution in [0.25, 0.3) is 11.0 Å². The molecule has 1 aromatic carbocycles. The van der Waals surface area contributed by atoms with Crippen molar-refractivity contribution in [1.82, 2.24) is 0 Å². The molecule has 5 heteroatoms. The van der Waals surface area contributed by atoms with Crippen molar-refractivity contribution in [3.63, 3.8) is 0 Å². The predicted molar refractivity (Wildman–Crippen MR) is 74.4 cm³/mol. The first-order valence-corrected chi connectivity index (χ1v) is 6.62. The molecule has 0 fully saturated rings. The lowest BCUT2D eigenvalue weighted by Crippen LogP contribution is -2.09. The van der Waals surface area contributed by atoms with E-state index >= 15 is 0 Å². The number of carbonyl (C=O) groups is 2. The minimum Gasteiger partial charge on any atom is -0.453 e. The second-order valence-corrected chi connectivity index (χ2v) is 5.09. The van der Waals surface area contributed by atoms with Crippen molar-refractivity contribution in [1.29, 1.82) is 0 Å². The zero-order valence-corrected chi connectivity index (χ0v) is 12.0. The lowest BCUT2D eigenvalue weighted by molar-refractivity contribution is -0.119. The average molecular weight is 325 g/mol. The molecule has 0 saturated carbocycles. The highest BCUT2D eigenvalue weighted by molar-refractivity contribution is 9.10. The van der Waals surface area contributed by atoms with E-state index in [0.717, 1.165) is 9.86 Å². The molecule has 0 aliphatic rings. The van der Waals surface area contributed by atoms with E-state index < -0.39 is 0 Å². The molecule has 1 heterocycles. The maximum atomic E-state index is 11.9. The number of rotatable bonds is 6. The van der Waals surface area contributed by atoms with E-state index in [1.165, 1.54) is 7.11 Å². The van der Waals surface area contributed by atoms with Crippen LogP contribution in [0, 0.1) is 0 Å². The van der Waals surface area contributed by atoms with Gasteiger partial charge in [-0.1, -0.05) is 15.9 Å². The summed E-state index contributed by atoms with van der Waals surface area (Å²) in [6, 6.07) is 7.14. The molecule has 0 amide bonds. The Morgan fingerprint density at radius 3 is 2.84 bits per heavy atom. The van der Waals surface area contributed by atoms with E-state index in [2.05, 4.69) is 15.9 Å². The average Bonchev–Trinajstić information content (AvgIpc) is 2.79. The van der Waals surface area contributed by atoms with Crippen LogP contribution in [0.1, 0.15) is 23.4 Å². The number of Topliss-reactive ketones (excluding diaryl/α,β-unsaturated/α-hetero) is 2. The third kappa shape index (κ3) is 3.52. The summed E-state index contributed by atoms with van der Waals surface area (Å²) in [6.07, 6.45) is 0.0956. The zero-order chi connectivity index (χ0) is 13.8. The lowest BCUT2D eigenvalue weighted by Gasteiger charge is -1.97. The van der Waals surface area contributed by atoms with Gasteiger partial charge in [-0.3, -0.25) is 9.59 Å². The molecule has 0 saturated heterocycles. The van der Waals surface area contributed by atoms with E-state index in [1.807, 2.05) is 12.1 Å². The SMILES string of the molecule is COCCC(=O)CC(=O)c1cc2cc(Br)ccc2o1. The summed E-state index contributed by atoms with van der Waals surface area (Å²) >= 11 is 3.35. The van der Waals surface area contributed by atoms with Crippen molar-refractivity contribution in [2.24, 2.45) is 0 Å². The molecule has 1 aromatic heterocycles. The Kier molecular flexibility index (Phi) is 4.50. The number of hydrogen-bond acceptors (Lipinski definition) is 4. The minimum atomic E-state index is -0.298. The molecule has 0 aliphatic carbocycles. The molecule has 0 atom stereocenters. The van der Waals surface area contributed by atoms with Crippen LogP contribution in [-0.2, 0) is 9.53 Å². The fourth-order valence-corrected chi connectivity index (χ4v) is 2.10. The van der Waals surface area contributed by atoms with Gasteiger partial charge in [0.1, 0.15) is 11.4 Å². The number of hydrogen-bond donors (Lipinski definition) is 0. The van der Waals surface area contributed by atoms with Crippen LogP contribution in [0.4, 0.5) is 0 Å². The van der Waals surface area contributed by atoms with Gasteiger partial charge in [0.2, 0.25) is 5.78 Å². The van der Waals surface area contributed by atoms with E-state index in [0.29, 0.717) is 12.2 Å². The number of methoxy groups -OCH3 is 1.